The third-order valence-corrected chi connectivity index (χ3v) is 13.1. The van der Waals surface area contributed by atoms with Crippen molar-refractivity contribution >= 4 is 19.8 Å². The quantitative estimate of drug-likeness (QED) is 0.0146. The average molecular weight is 921 g/mol. The Hall–Kier alpha value is -1.41. The molecule has 372 valence electrons. The van der Waals surface area contributed by atoms with E-state index in [4.69, 9.17) is 18.5 Å². The van der Waals surface area contributed by atoms with Gasteiger partial charge in [0.2, 0.25) is 0 Å². The van der Waals surface area contributed by atoms with E-state index >= 15 is 0 Å². The first-order valence-electron chi connectivity index (χ1n) is 25.5. The zero-order valence-electron chi connectivity index (χ0n) is 39.6. The number of hydrogen-bond acceptors (Lipinski definition) is 12. The van der Waals surface area contributed by atoms with Gasteiger partial charge in [-0.15, -0.1) is 0 Å². The summed E-state index contributed by atoms with van der Waals surface area (Å²) in [6.07, 6.45) is 29.8. The van der Waals surface area contributed by atoms with Crippen LogP contribution in [0.4, 0.5) is 0 Å². The molecule has 6 N–H and O–H groups in total. The number of allylic oxidation sites excluding steroid dienone is 2. The lowest BCUT2D eigenvalue weighted by molar-refractivity contribution is -0.220. The number of phosphoric ester groups is 1. The van der Waals surface area contributed by atoms with Crippen LogP contribution < -0.4 is 0 Å². The molecule has 1 aliphatic carbocycles. The van der Waals surface area contributed by atoms with Crippen LogP contribution in [0.25, 0.3) is 0 Å². The lowest BCUT2D eigenvalue weighted by atomic mass is 9.85. The van der Waals surface area contributed by atoms with Gasteiger partial charge in [0.1, 0.15) is 43.2 Å². The third kappa shape index (κ3) is 32.0. The van der Waals surface area contributed by atoms with Crippen LogP contribution in [-0.2, 0) is 32.7 Å². The fourth-order valence-corrected chi connectivity index (χ4v) is 8.96. The van der Waals surface area contributed by atoms with E-state index < -0.39 is 75.7 Å². The minimum Gasteiger partial charge on any atom is -0.462 e. The molecule has 13 nitrogen and oxygen atoms in total. The van der Waals surface area contributed by atoms with E-state index in [0.29, 0.717) is 12.8 Å². The molecule has 1 aliphatic rings. The Morgan fingerprint density at radius 3 is 1.21 bits per heavy atom. The molecular formula is C49H93O13P. The van der Waals surface area contributed by atoms with E-state index in [9.17, 15) is 44.6 Å². The largest absolute Gasteiger partial charge is 0.472 e. The molecule has 1 rings (SSSR count). The van der Waals surface area contributed by atoms with Gasteiger partial charge in [-0.25, -0.2) is 4.57 Å². The predicted octanol–water partition coefficient (Wildman–Crippen LogP) is 10.6. The number of carbonyl (C=O) groups is 2. The molecule has 0 aromatic rings. The van der Waals surface area contributed by atoms with Gasteiger partial charge < -0.3 is 39.9 Å². The Bertz CT molecular complexity index is 1160. The van der Waals surface area contributed by atoms with Crippen LogP contribution in [0.2, 0.25) is 0 Å². The number of ether oxygens (including phenoxy) is 2. The predicted molar refractivity (Wildman–Crippen MR) is 249 cm³/mol. The van der Waals surface area contributed by atoms with Gasteiger partial charge in [0.25, 0.3) is 0 Å². The molecule has 0 saturated heterocycles. The summed E-state index contributed by atoms with van der Waals surface area (Å²) in [4.78, 5) is 35.8. The molecule has 0 radical (unpaired) electrons. The van der Waals surface area contributed by atoms with E-state index in [1.54, 1.807) is 0 Å². The molecule has 14 heteroatoms. The van der Waals surface area contributed by atoms with Gasteiger partial charge in [-0.1, -0.05) is 193 Å². The van der Waals surface area contributed by atoms with E-state index in [1.165, 1.54) is 135 Å². The summed E-state index contributed by atoms with van der Waals surface area (Å²) in [5.41, 5.74) is 0. The van der Waals surface area contributed by atoms with Crippen molar-refractivity contribution in [3.05, 3.63) is 12.2 Å². The summed E-state index contributed by atoms with van der Waals surface area (Å²) < 4.78 is 33.6. The number of hydrogen-bond donors (Lipinski definition) is 6. The van der Waals surface area contributed by atoms with Crippen LogP contribution in [0, 0.1) is 0 Å². The van der Waals surface area contributed by atoms with E-state index in [0.717, 1.165) is 57.8 Å². The zero-order chi connectivity index (χ0) is 46.4. The number of aliphatic hydroxyl groups excluding tert-OH is 5. The maximum atomic E-state index is 12.8. The highest BCUT2D eigenvalue weighted by Gasteiger charge is 2.51. The van der Waals surface area contributed by atoms with E-state index in [1.807, 2.05) is 0 Å². The highest BCUT2D eigenvalue weighted by molar-refractivity contribution is 7.47. The summed E-state index contributed by atoms with van der Waals surface area (Å²) in [5, 5.41) is 50.2. The Morgan fingerprint density at radius 1 is 0.476 bits per heavy atom. The van der Waals surface area contributed by atoms with E-state index in [2.05, 4.69) is 26.0 Å². The SMILES string of the molecule is CCCCCCC/C=C/CCCCCCCC(=O)O[C@@H](COC(=O)CCCCCCCCCCCCCCCCCCCCCC)COP(=O)(O)OC1C(O)C(O)C(O)[C@H](O)C1O. The standard InChI is InChI=1S/C49H93O13P/c1-3-5-7-9-11-13-15-17-19-20-21-22-23-24-26-27-29-31-33-35-37-42(50)59-39-41(40-60-63(57,58)62-49-47(55)45(53)44(52)46(54)48(49)56)61-43(51)38-36-34-32-30-28-25-18-16-14-12-10-8-6-4-2/h16,18,41,44-49,52-56H,3-15,17,19-40H2,1-2H3,(H,57,58)/b18-16+/t41-,44?,45-,46?,47?,48?,49?/m0/s1. The topological polar surface area (TPSA) is 210 Å². The highest BCUT2D eigenvalue weighted by Crippen LogP contribution is 2.47. The molecule has 0 spiro atoms. The normalized spacial score (nSPS) is 21.7. The minimum atomic E-state index is -5.12. The van der Waals surface area contributed by atoms with Gasteiger partial charge >= 0.3 is 19.8 Å². The minimum absolute atomic E-state index is 0.0909. The first-order valence-corrected chi connectivity index (χ1v) is 27.0. The molecule has 0 heterocycles. The summed E-state index contributed by atoms with van der Waals surface area (Å²) in [5.74, 6) is -1.10. The van der Waals surface area contributed by atoms with Crippen molar-refractivity contribution in [2.24, 2.45) is 0 Å². The molecule has 63 heavy (non-hydrogen) atoms. The lowest BCUT2D eigenvalue weighted by Gasteiger charge is -2.41. The zero-order valence-corrected chi connectivity index (χ0v) is 40.5. The second kappa shape index (κ2) is 39.7. The molecular weight excluding hydrogens is 828 g/mol. The van der Waals surface area contributed by atoms with Crippen LogP contribution in [0.3, 0.4) is 0 Å². The summed E-state index contributed by atoms with van der Waals surface area (Å²) >= 11 is 0. The molecule has 0 amide bonds. The number of phosphoric acid groups is 1. The molecule has 6 unspecified atom stereocenters. The summed E-state index contributed by atoms with van der Waals surface area (Å²) in [6, 6.07) is 0. The second-order valence-electron chi connectivity index (χ2n) is 18.0. The van der Waals surface area contributed by atoms with Gasteiger partial charge in [0, 0.05) is 12.8 Å². The van der Waals surface area contributed by atoms with Crippen molar-refractivity contribution in [2.45, 2.75) is 275 Å². The molecule has 1 saturated carbocycles. The van der Waals surface area contributed by atoms with Crippen LogP contribution in [0.15, 0.2) is 12.2 Å². The van der Waals surface area contributed by atoms with Crippen LogP contribution >= 0.6 is 7.82 Å². The maximum absolute atomic E-state index is 12.8. The fraction of sp³-hybridized carbons (Fsp3) is 0.918. The Kier molecular flexibility index (Phi) is 37.6. The fourth-order valence-electron chi connectivity index (χ4n) is 7.99. The van der Waals surface area contributed by atoms with Crippen molar-refractivity contribution < 1.29 is 63.1 Å². The van der Waals surface area contributed by atoms with Crippen LogP contribution in [0.5, 0.6) is 0 Å². The first kappa shape index (κ1) is 59.6. The van der Waals surface area contributed by atoms with Crippen molar-refractivity contribution in [2.75, 3.05) is 13.2 Å². The van der Waals surface area contributed by atoms with Crippen molar-refractivity contribution in [3.8, 4) is 0 Å². The molecule has 0 bridgehead atoms. The number of esters is 2. The average Bonchev–Trinajstić information content (AvgIpc) is 3.26. The molecule has 0 aromatic heterocycles. The second-order valence-corrected chi connectivity index (χ2v) is 19.4. The van der Waals surface area contributed by atoms with Gasteiger partial charge in [-0.05, 0) is 38.5 Å². The number of rotatable bonds is 43. The Balaban J connectivity index is 2.37. The van der Waals surface area contributed by atoms with Gasteiger partial charge in [0.05, 0.1) is 6.61 Å². The van der Waals surface area contributed by atoms with Gasteiger partial charge in [-0.3, -0.25) is 18.6 Å². The first-order chi connectivity index (χ1) is 30.4. The monoisotopic (exact) mass is 921 g/mol. The van der Waals surface area contributed by atoms with Gasteiger partial charge in [0.15, 0.2) is 6.10 Å². The Labute approximate surface area is 382 Å². The third-order valence-electron chi connectivity index (χ3n) is 12.1. The van der Waals surface area contributed by atoms with Crippen LogP contribution in [0.1, 0.15) is 232 Å². The molecule has 0 aliphatic heterocycles. The number of aliphatic hydroxyl groups is 5. The van der Waals surface area contributed by atoms with Crippen molar-refractivity contribution in [1.82, 2.24) is 0 Å². The summed E-state index contributed by atoms with van der Waals surface area (Å²) in [7, 11) is -5.12. The van der Waals surface area contributed by atoms with Crippen molar-refractivity contribution in [3.63, 3.8) is 0 Å². The van der Waals surface area contributed by atoms with Crippen LogP contribution in [-0.4, -0.2) is 98.3 Å². The van der Waals surface area contributed by atoms with Crippen molar-refractivity contribution in [1.29, 1.82) is 0 Å². The Morgan fingerprint density at radius 2 is 0.810 bits per heavy atom. The molecule has 0 aromatic carbocycles. The van der Waals surface area contributed by atoms with Gasteiger partial charge in [-0.2, -0.15) is 0 Å². The summed E-state index contributed by atoms with van der Waals surface area (Å²) in [6.45, 7) is 3.32. The highest BCUT2D eigenvalue weighted by atomic mass is 31.2. The smallest absolute Gasteiger partial charge is 0.462 e. The molecule has 8 atom stereocenters. The number of carbonyl (C=O) groups excluding carboxylic acids is 2. The molecule has 1 fully saturated rings. The maximum Gasteiger partial charge on any atom is 0.472 e. The number of unbranched alkanes of at least 4 members (excludes halogenated alkanes) is 29. The lowest BCUT2D eigenvalue weighted by Crippen LogP contribution is -2.64. The van der Waals surface area contributed by atoms with E-state index in [-0.39, 0.29) is 12.8 Å².